The van der Waals surface area contributed by atoms with Crippen molar-refractivity contribution in [2.45, 2.75) is 52.6 Å². The maximum atomic E-state index is 5.68. The molecule has 1 heterocycles. The van der Waals surface area contributed by atoms with Crippen molar-refractivity contribution < 1.29 is 4.74 Å². The summed E-state index contributed by atoms with van der Waals surface area (Å²) in [4.78, 5) is 7.06. The van der Waals surface area contributed by atoms with Crippen LogP contribution in [-0.2, 0) is 4.74 Å². The average Bonchev–Trinajstić information content (AvgIpc) is 2.39. The van der Waals surface area contributed by atoms with Gasteiger partial charge in [0.1, 0.15) is 0 Å². The van der Waals surface area contributed by atoms with Gasteiger partial charge in [0.05, 0.1) is 6.10 Å². The minimum absolute atomic E-state index is 0. The number of nitrogens with zero attached hydrogens (tertiary/aromatic N) is 2. The van der Waals surface area contributed by atoms with Gasteiger partial charge in [0.25, 0.3) is 0 Å². The average molecular weight is 383 g/mol. The fourth-order valence-corrected chi connectivity index (χ4v) is 2.24. The number of ether oxygens (including phenoxy) is 1. The Kier molecular flexibility index (Phi) is 11.7. The molecular formula is C14H30IN3O. The van der Waals surface area contributed by atoms with Crippen molar-refractivity contribution in [1.82, 2.24) is 10.2 Å². The number of hydrogen-bond acceptors (Lipinski definition) is 2. The van der Waals surface area contributed by atoms with E-state index in [-0.39, 0.29) is 24.0 Å². The zero-order chi connectivity index (χ0) is 13.2. The second-order valence-corrected chi connectivity index (χ2v) is 4.73. The fraction of sp³-hybridized carbons (Fsp3) is 0.929. The lowest BCUT2D eigenvalue weighted by molar-refractivity contribution is 0.0264. The first kappa shape index (κ1) is 19.0. The van der Waals surface area contributed by atoms with Crippen molar-refractivity contribution in [3.63, 3.8) is 0 Å². The Morgan fingerprint density at radius 1 is 1.26 bits per heavy atom. The number of guanidine groups is 1. The molecule has 5 heteroatoms. The van der Waals surface area contributed by atoms with E-state index < -0.39 is 0 Å². The van der Waals surface area contributed by atoms with Gasteiger partial charge in [-0.25, -0.2) is 0 Å². The molecular weight excluding hydrogens is 353 g/mol. The molecule has 1 aliphatic heterocycles. The summed E-state index contributed by atoms with van der Waals surface area (Å²) in [5.41, 5.74) is 0. The lowest BCUT2D eigenvalue weighted by atomic mass is 10.1. The van der Waals surface area contributed by atoms with Crippen LogP contribution in [0.4, 0.5) is 0 Å². The van der Waals surface area contributed by atoms with Gasteiger partial charge in [-0.3, -0.25) is 4.99 Å². The number of hydrogen-bond donors (Lipinski definition) is 1. The zero-order valence-electron chi connectivity index (χ0n) is 12.7. The van der Waals surface area contributed by atoms with Crippen LogP contribution in [0.1, 0.15) is 46.5 Å². The standard InChI is InChI=1S/C14H29N3O.HI/c1-4-7-10-16-14(15-5-2)17-11-8-13(9-12-17)18-6-3;/h13H,4-12H2,1-3H3,(H,15,16);1H. The molecule has 19 heavy (non-hydrogen) atoms. The molecule has 0 atom stereocenters. The van der Waals surface area contributed by atoms with Crippen molar-refractivity contribution in [2.75, 3.05) is 32.8 Å². The van der Waals surface area contributed by atoms with Crippen LogP contribution in [0.15, 0.2) is 4.99 Å². The minimum atomic E-state index is 0. The van der Waals surface area contributed by atoms with Crippen LogP contribution < -0.4 is 5.32 Å². The Morgan fingerprint density at radius 3 is 2.47 bits per heavy atom. The third-order valence-corrected chi connectivity index (χ3v) is 3.25. The zero-order valence-corrected chi connectivity index (χ0v) is 15.0. The molecule has 0 spiro atoms. The molecule has 114 valence electrons. The van der Waals surface area contributed by atoms with E-state index in [0.717, 1.165) is 51.6 Å². The number of aliphatic imine (C=N–C) groups is 1. The molecule has 1 saturated heterocycles. The van der Waals surface area contributed by atoms with Gasteiger partial charge >= 0.3 is 0 Å². The molecule has 0 amide bonds. The highest BCUT2D eigenvalue weighted by atomic mass is 127. The first-order valence-electron chi connectivity index (χ1n) is 7.46. The smallest absolute Gasteiger partial charge is 0.193 e. The van der Waals surface area contributed by atoms with Crippen molar-refractivity contribution >= 4 is 29.9 Å². The van der Waals surface area contributed by atoms with E-state index >= 15 is 0 Å². The molecule has 0 aromatic rings. The highest BCUT2D eigenvalue weighted by Crippen LogP contribution is 2.13. The largest absolute Gasteiger partial charge is 0.378 e. The number of rotatable bonds is 6. The molecule has 1 N–H and O–H groups in total. The van der Waals surface area contributed by atoms with E-state index in [4.69, 9.17) is 4.74 Å². The lowest BCUT2D eigenvalue weighted by Crippen LogP contribution is -2.47. The Morgan fingerprint density at radius 2 is 1.95 bits per heavy atom. The Balaban J connectivity index is 0.00000324. The third kappa shape index (κ3) is 7.34. The van der Waals surface area contributed by atoms with Gasteiger partial charge in [0.15, 0.2) is 5.96 Å². The van der Waals surface area contributed by atoms with E-state index in [1.54, 1.807) is 0 Å². The fourth-order valence-electron chi connectivity index (χ4n) is 2.24. The molecule has 0 unspecified atom stereocenters. The monoisotopic (exact) mass is 383 g/mol. The summed E-state index contributed by atoms with van der Waals surface area (Å²) in [5, 5.41) is 3.39. The molecule has 0 aliphatic carbocycles. The van der Waals surface area contributed by atoms with Gasteiger partial charge in [-0.2, -0.15) is 0 Å². The highest BCUT2D eigenvalue weighted by molar-refractivity contribution is 14.0. The van der Waals surface area contributed by atoms with Crippen molar-refractivity contribution in [3.8, 4) is 0 Å². The SMILES string of the molecule is CCCCN=C(NCC)N1CCC(OCC)CC1.I. The third-order valence-electron chi connectivity index (χ3n) is 3.25. The van der Waals surface area contributed by atoms with Gasteiger partial charge in [-0.1, -0.05) is 13.3 Å². The predicted octanol–water partition coefficient (Wildman–Crippen LogP) is 2.87. The summed E-state index contributed by atoms with van der Waals surface area (Å²) in [7, 11) is 0. The van der Waals surface area contributed by atoms with Crippen LogP contribution in [0.25, 0.3) is 0 Å². The second kappa shape index (κ2) is 11.8. The molecule has 4 nitrogen and oxygen atoms in total. The van der Waals surface area contributed by atoms with Crippen LogP contribution in [0.3, 0.4) is 0 Å². The summed E-state index contributed by atoms with van der Waals surface area (Å²) in [5.74, 6) is 1.08. The van der Waals surface area contributed by atoms with Crippen LogP contribution in [0.5, 0.6) is 0 Å². The number of unbranched alkanes of at least 4 members (excludes halogenated alkanes) is 1. The van der Waals surface area contributed by atoms with Gasteiger partial charge in [-0.15, -0.1) is 24.0 Å². The van der Waals surface area contributed by atoms with Crippen LogP contribution >= 0.6 is 24.0 Å². The quantitative estimate of drug-likeness (QED) is 0.332. The number of likely N-dealkylation sites (tertiary alicyclic amines) is 1. The molecule has 0 aromatic heterocycles. The summed E-state index contributed by atoms with van der Waals surface area (Å²) in [6.07, 6.45) is 5.06. The molecule has 0 bridgehead atoms. The van der Waals surface area contributed by atoms with Crippen molar-refractivity contribution in [3.05, 3.63) is 0 Å². The Hall–Kier alpha value is -0.0400. The normalized spacial score (nSPS) is 17.2. The van der Waals surface area contributed by atoms with Gasteiger partial charge in [0, 0.05) is 32.8 Å². The van der Waals surface area contributed by atoms with E-state index in [9.17, 15) is 0 Å². The summed E-state index contributed by atoms with van der Waals surface area (Å²) in [6, 6.07) is 0. The van der Waals surface area contributed by atoms with Gasteiger partial charge < -0.3 is 15.0 Å². The first-order chi connectivity index (χ1) is 8.81. The molecule has 0 radical (unpaired) electrons. The van der Waals surface area contributed by atoms with Crippen LogP contribution in [0, 0.1) is 0 Å². The van der Waals surface area contributed by atoms with E-state index in [1.165, 1.54) is 12.8 Å². The van der Waals surface area contributed by atoms with E-state index in [0.29, 0.717) is 6.10 Å². The predicted molar refractivity (Wildman–Crippen MR) is 92.5 cm³/mol. The molecule has 1 fully saturated rings. The second-order valence-electron chi connectivity index (χ2n) is 4.73. The van der Waals surface area contributed by atoms with Crippen LogP contribution in [-0.4, -0.2) is 49.7 Å². The lowest BCUT2D eigenvalue weighted by Gasteiger charge is -2.34. The highest BCUT2D eigenvalue weighted by Gasteiger charge is 2.21. The van der Waals surface area contributed by atoms with Gasteiger partial charge in [0.2, 0.25) is 0 Å². The minimum Gasteiger partial charge on any atom is -0.378 e. The number of nitrogens with one attached hydrogen (secondary N) is 1. The van der Waals surface area contributed by atoms with E-state index in [1.807, 2.05) is 0 Å². The van der Waals surface area contributed by atoms with Crippen molar-refractivity contribution in [1.29, 1.82) is 0 Å². The molecule has 1 aliphatic rings. The summed E-state index contributed by atoms with van der Waals surface area (Å²) in [6.45, 7) is 11.2. The van der Waals surface area contributed by atoms with Crippen LogP contribution in [0.2, 0.25) is 0 Å². The number of piperidine rings is 1. The molecule has 0 saturated carbocycles. The molecule has 0 aromatic carbocycles. The topological polar surface area (TPSA) is 36.9 Å². The van der Waals surface area contributed by atoms with Gasteiger partial charge in [-0.05, 0) is 33.1 Å². The maximum Gasteiger partial charge on any atom is 0.193 e. The summed E-state index contributed by atoms with van der Waals surface area (Å²) < 4.78 is 5.68. The maximum absolute atomic E-state index is 5.68. The Bertz CT molecular complexity index is 241. The Labute approximate surface area is 135 Å². The first-order valence-corrected chi connectivity index (χ1v) is 7.46. The van der Waals surface area contributed by atoms with Crippen molar-refractivity contribution in [2.24, 2.45) is 4.99 Å². The number of halogens is 1. The molecule has 1 rings (SSSR count). The summed E-state index contributed by atoms with van der Waals surface area (Å²) >= 11 is 0. The van der Waals surface area contributed by atoms with E-state index in [2.05, 4.69) is 36.0 Å².